The molecule has 0 spiro atoms. The van der Waals surface area contributed by atoms with Gasteiger partial charge in [-0.2, -0.15) is 0 Å². The van der Waals surface area contributed by atoms with Crippen LogP contribution in [0.25, 0.3) is 11.0 Å². The van der Waals surface area contributed by atoms with Gasteiger partial charge in [0.2, 0.25) is 0 Å². The van der Waals surface area contributed by atoms with Gasteiger partial charge in [-0.3, -0.25) is 9.59 Å². The number of hydrogen-bond acceptors (Lipinski definition) is 6. The smallest absolute Gasteiger partial charge is 0.360 e. The molecular formula is C20H23N2O6+. The molecule has 8 nitrogen and oxygen atoms in total. The molecule has 2 aromatic rings. The van der Waals surface area contributed by atoms with Crippen molar-refractivity contribution in [1.82, 2.24) is 0 Å². The predicted molar refractivity (Wildman–Crippen MR) is 101 cm³/mol. The van der Waals surface area contributed by atoms with Gasteiger partial charge in [-0.1, -0.05) is 0 Å². The van der Waals surface area contributed by atoms with E-state index in [1.807, 2.05) is 0 Å². The number of esters is 1. The maximum atomic E-state index is 12.9. The third kappa shape index (κ3) is 3.65. The molecular weight excluding hydrogens is 364 g/mol. The van der Waals surface area contributed by atoms with Crippen LogP contribution in [0.3, 0.4) is 0 Å². The van der Waals surface area contributed by atoms with Crippen LogP contribution in [0.2, 0.25) is 0 Å². The Morgan fingerprint density at radius 3 is 2.79 bits per heavy atom. The molecule has 0 saturated carbocycles. The van der Waals surface area contributed by atoms with E-state index in [-0.39, 0.29) is 5.91 Å². The summed E-state index contributed by atoms with van der Waals surface area (Å²) in [5, 5.41) is 0.699. The van der Waals surface area contributed by atoms with E-state index in [2.05, 4.69) is 0 Å². The number of quaternary nitrogens is 1. The van der Waals surface area contributed by atoms with Crippen LogP contribution in [0.15, 0.2) is 27.4 Å². The summed E-state index contributed by atoms with van der Waals surface area (Å²) in [4.78, 5) is 39.6. The van der Waals surface area contributed by atoms with Crippen LogP contribution < -0.4 is 20.2 Å². The van der Waals surface area contributed by atoms with Gasteiger partial charge in [0.25, 0.3) is 5.91 Å². The van der Waals surface area contributed by atoms with Crippen molar-refractivity contribution in [3.8, 4) is 5.75 Å². The topological polar surface area (TPSA) is 90.5 Å². The second kappa shape index (κ2) is 7.73. The molecule has 2 aliphatic heterocycles. The largest absolute Gasteiger partial charge is 0.427 e. The van der Waals surface area contributed by atoms with E-state index in [1.54, 1.807) is 23.1 Å². The highest BCUT2D eigenvalue weighted by Gasteiger charge is 2.31. The van der Waals surface area contributed by atoms with E-state index >= 15 is 0 Å². The van der Waals surface area contributed by atoms with Gasteiger partial charge < -0.3 is 23.7 Å². The number of carbonyl (C=O) groups is 2. The van der Waals surface area contributed by atoms with E-state index in [9.17, 15) is 14.4 Å². The molecule has 1 saturated heterocycles. The van der Waals surface area contributed by atoms with Crippen molar-refractivity contribution in [3.05, 3.63) is 34.2 Å². The standard InChI is InChI=1S/C20H22N2O6/c1-13(23)27-14-4-5-17-16(11-14)15-3-2-6-22(19(15)20(25)28-17)18(24)12-21-7-9-26-10-8-21/h4-5,11H,2-3,6-10,12H2,1H3/p+1. The summed E-state index contributed by atoms with van der Waals surface area (Å²) in [7, 11) is 0. The Kier molecular flexibility index (Phi) is 5.15. The first-order valence-electron chi connectivity index (χ1n) is 9.53. The maximum absolute atomic E-state index is 12.9. The lowest BCUT2D eigenvalue weighted by Crippen LogP contribution is -3.15. The van der Waals surface area contributed by atoms with Gasteiger partial charge in [-0.05, 0) is 36.6 Å². The number of morpholine rings is 1. The van der Waals surface area contributed by atoms with E-state index in [0.717, 1.165) is 30.0 Å². The lowest BCUT2D eigenvalue weighted by atomic mass is 9.98. The zero-order chi connectivity index (χ0) is 19.7. The number of carbonyl (C=O) groups excluding carboxylic acids is 2. The van der Waals surface area contributed by atoms with E-state index in [1.165, 1.54) is 6.92 Å². The Balaban J connectivity index is 1.70. The number of anilines is 1. The molecule has 1 fully saturated rings. The average molecular weight is 387 g/mol. The number of fused-ring (bicyclic) bond motifs is 3. The molecule has 1 N–H and O–H groups in total. The third-order valence-electron chi connectivity index (χ3n) is 5.20. The number of ether oxygens (including phenoxy) is 2. The minimum atomic E-state index is -0.507. The SMILES string of the molecule is CC(=O)Oc1ccc2oc(=O)c3c(c2c1)CCCN3C(=O)C[NH+]1CCOCC1. The van der Waals surface area contributed by atoms with Crippen LogP contribution >= 0.6 is 0 Å². The first-order valence-corrected chi connectivity index (χ1v) is 9.53. The van der Waals surface area contributed by atoms with Crippen LogP contribution in [0, 0.1) is 0 Å². The molecule has 0 unspecified atom stereocenters. The molecule has 1 aromatic carbocycles. The molecule has 148 valence electrons. The van der Waals surface area contributed by atoms with E-state index < -0.39 is 11.6 Å². The lowest BCUT2D eigenvalue weighted by molar-refractivity contribution is -0.900. The summed E-state index contributed by atoms with van der Waals surface area (Å²) in [5.41, 5.74) is 1.01. The van der Waals surface area contributed by atoms with Crippen molar-refractivity contribution in [3.63, 3.8) is 0 Å². The molecule has 1 amide bonds. The van der Waals surface area contributed by atoms with E-state index in [0.29, 0.717) is 55.1 Å². The predicted octanol–water partition coefficient (Wildman–Crippen LogP) is -0.0874. The minimum absolute atomic E-state index is 0.0827. The van der Waals surface area contributed by atoms with Crippen LogP contribution in [-0.4, -0.2) is 51.3 Å². The minimum Gasteiger partial charge on any atom is -0.427 e. The third-order valence-corrected chi connectivity index (χ3v) is 5.20. The second-order valence-electron chi connectivity index (χ2n) is 7.16. The van der Waals surface area contributed by atoms with Gasteiger partial charge in [0, 0.05) is 18.9 Å². The number of benzene rings is 1. The Labute approximate surface area is 161 Å². The number of nitrogens with zero attached hydrogens (tertiary/aromatic N) is 1. The number of rotatable bonds is 3. The fourth-order valence-corrected chi connectivity index (χ4v) is 3.91. The molecule has 0 bridgehead atoms. The Morgan fingerprint density at radius 2 is 2.04 bits per heavy atom. The summed E-state index contributed by atoms with van der Waals surface area (Å²) >= 11 is 0. The number of amides is 1. The highest BCUT2D eigenvalue weighted by atomic mass is 16.5. The molecule has 8 heteroatoms. The second-order valence-corrected chi connectivity index (χ2v) is 7.16. The number of hydrogen-bond donors (Lipinski definition) is 1. The van der Waals surface area contributed by atoms with Gasteiger partial charge in [-0.15, -0.1) is 0 Å². The van der Waals surface area contributed by atoms with Crippen LogP contribution in [-0.2, 0) is 20.7 Å². The normalized spacial score (nSPS) is 17.4. The van der Waals surface area contributed by atoms with Crippen molar-refractivity contribution in [2.45, 2.75) is 19.8 Å². The fraction of sp³-hybridized carbons (Fsp3) is 0.450. The van der Waals surface area contributed by atoms with Crippen molar-refractivity contribution < 1.29 is 28.4 Å². The first kappa shape index (κ1) is 18.6. The van der Waals surface area contributed by atoms with Gasteiger partial charge in [0.05, 0.1) is 13.2 Å². The van der Waals surface area contributed by atoms with E-state index in [4.69, 9.17) is 13.9 Å². The highest BCUT2D eigenvalue weighted by molar-refractivity contribution is 5.98. The van der Waals surface area contributed by atoms with Crippen LogP contribution in [0.5, 0.6) is 5.75 Å². The van der Waals surface area contributed by atoms with Crippen LogP contribution in [0.1, 0.15) is 18.9 Å². The highest BCUT2D eigenvalue weighted by Crippen LogP contribution is 2.32. The monoisotopic (exact) mass is 387 g/mol. The van der Waals surface area contributed by atoms with Gasteiger partial charge >= 0.3 is 11.6 Å². The molecule has 3 heterocycles. The summed E-state index contributed by atoms with van der Waals surface area (Å²) in [6.07, 6.45) is 1.42. The van der Waals surface area contributed by atoms with Gasteiger partial charge in [-0.25, -0.2) is 4.79 Å². The Morgan fingerprint density at radius 1 is 1.25 bits per heavy atom. The van der Waals surface area contributed by atoms with Crippen LogP contribution in [0.4, 0.5) is 5.69 Å². The molecule has 2 aliphatic rings. The van der Waals surface area contributed by atoms with Crippen molar-refractivity contribution >= 4 is 28.5 Å². The van der Waals surface area contributed by atoms with Crippen molar-refractivity contribution in [1.29, 1.82) is 0 Å². The summed E-state index contributed by atoms with van der Waals surface area (Å²) in [5.74, 6) is -0.117. The fourth-order valence-electron chi connectivity index (χ4n) is 3.91. The summed E-state index contributed by atoms with van der Waals surface area (Å²) < 4.78 is 16.0. The molecule has 0 radical (unpaired) electrons. The number of nitrogens with one attached hydrogen (secondary N) is 1. The molecule has 0 aliphatic carbocycles. The quantitative estimate of drug-likeness (QED) is 0.450. The molecule has 1 aromatic heterocycles. The summed E-state index contributed by atoms with van der Waals surface area (Å²) in [6, 6.07) is 4.90. The lowest BCUT2D eigenvalue weighted by Gasteiger charge is -2.30. The maximum Gasteiger partial charge on any atom is 0.360 e. The van der Waals surface area contributed by atoms with Crippen molar-refractivity contribution in [2.75, 3.05) is 44.3 Å². The first-order chi connectivity index (χ1) is 13.5. The number of aryl methyl sites for hydroxylation is 1. The molecule has 4 rings (SSSR count). The Bertz CT molecular complexity index is 977. The molecule has 0 atom stereocenters. The summed E-state index contributed by atoms with van der Waals surface area (Å²) in [6.45, 7) is 5.01. The van der Waals surface area contributed by atoms with Crippen molar-refractivity contribution in [2.24, 2.45) is 0 Å². The van der Waals surface area contributed by atoms with Gasteiger partial charge in [0.1, 0.15) is 30.1 Å². The zero-order valence-corrected chi connectivity index (χ0v) is 15.8. The molecule has 28 heavy (non-hydrogen) atoms. The average Bonchev–Trinajstić information content (AvgIpc) is 2.68. The Hall–Kier alpha value is -2.71. The van der Waals surface area contributed by atoms with Gasteiger partial charge in [0.15, 0.2) is 6.54 Å². The zero-order valence-electron chi connectivity index (χ0n) is 15.8.